The van der Waals surface area contributed by atoms with Gasteiger partial charge in [-0.1, -0.05) is 34.1 Å². The van der Waals surface area contributed by atoms with Gasteiger partial charge in [-0.25, -0.2) is 0 Å². The Labute approximate surface area is 134 Å². The van der Waals surface area contributed by atoms with Crippen molar-refractivity contribution in [1.29, 1.82) is 0 Å². The second-order valence-electron chi connectivity index (χ2n) is 4.39. The number of para-hydroxylation sites is 2. The van der Waals surface area contributed by atoms with Gasteiger partial charge < -0.3 is 14.2 Å². The smallest absolute Gasteiger partial charge is 0.161 e. The van der Waals surface area contributed by atoms with Gasteiger partial charge in [-0.2, -0.15) is 0 Å². The summed E-state index contributed by atoms with van der Waals surface area (Å²) in [5.74, 6) is 2.42. The SMILES string of the molecule is CCOc1ccccc1OCCCOc1cccc(Br)c1. The molecule has 4 heteroatoms. The number of hydrogen-bond acceptors (Lipinski definition) is 3. The lowest BCUT2D eigenvalue weighted by molar-refractivity contribution is 0.236. The van der Waals surface area contributed by atoms with Crippen molar-refractivity contribution in [1.82, 2.24) is 0 Å². The van der Waals surface area contributed by atoms with E-state index in [2.05, 4.69) is 15.9 Å². The van der Waals surface area contributed by atoms with Crippen molar-refractivity contribution in [3.05, 3.63) is 53.0 Å². The topological polar surface area (TPSA) is 27.7 Å². The van der Waals surface area contributed by atoms with Crippen LogP contribution in [-0.2, 0) is 0 Å². The molecule has 0 spiro atoms. The molecule has 0 saturated heterocycles. The summed E-state index contributed by atoms with van der Waals surface area (Å²) >= 11 is 3.42. The van der Waals surface area contributed by atoms with Crippen LogP contribution in [-0.4, -0.2) is 19.8 Å². The number of halogens is 1. The minimum atomic E-state index is 0.595. The fourth-order valence-electron chi connectivity index (χ4n) is 1.83. The van der Waals surface area contributed by atoms with Crippen LogP contribution in [0.4, 0.5) is 0 Å². The summed E-state index contributed by atoms with van der Waals surface area (Å²) in [5, 5.41) is 0. The molecular weight excluding hydrogens is 332 g/mol. The monoisotopic (exact) mass is 350 g/mol. The van der Waals surface area contributed by atoms with Crippen LogP contribution in [0.3, 0.4) is 0 Å². The fraction of sp³-hybridized carbons (Fsp3) is 0.294. The van der Waals surface area contributed by atoms with Crippen LogP contribution in [0, 0.1) is 0 Å². The molecular formula is C17H19BrO3. The van der Waals surface area contributed by atoms with Crippen LogP contribution in [0.25, 0.3) is 0 Å². The Kier molecular flexibility index (Phi) is 6.41. The maximum Gasteiger partial charge on any atom is 0.161 e. The molecule has 0 unspecified atom stereocenters. The molecule has 2 aromatic carbocycles. The molecule has 0 heterocycles. The minimum absolute atomic E-state index is 0.595. The molecule has 3 nitrogen and oxygen atoms in total. The molecule has 0 aliphatic heterocycles. The summed E-state index contributed by atoms with van der Waals surface area (Å²) in [6.07, 6.45) is 0.812. The van der Waals surface area contributed by atoms with E-state index in [0.717, 1.165) is 28.1 Å². The molecule has 0 fully saturated rings. The molecule has 2 aromatic rings. The Bertz CT molecular complexity index is 557. The van der Waals surface area contributed by atoms with Gasteiger partial charge in [0.1, 0.15) is 5.75 Å². The van der Waals surface area contributed by atoms with E-state index in [1.807, 2.05) is 55.5 Å². The van der Waals surface area contributed by atoms with E-state index in [9.17, 15) is 0 Å². The van der Waals surface area contributed by atoms with Gasteiger partial charge in [-0.15, -0.1) is 0 Å². The van der Waals surface area contributed by atoms with E-state index in [-0.39, 0.29) is 0 Å². The van der Waals surface area contributed by atoms with Crippen LogP contribution in [0.2, 0.25) is 0 Å². The third-order valence-corrected chi connectivity index (χ3v) is 3.25. The standard InChI is InChI=1S/C17H19BrO3/c1-2-19-16-9-3-4-10-17(16)21-12-6-11-20-15-8-5-7-14(18)13-15/h3-5,7-10,13H,2,6,11-12H2,1H3. The van der Waals surface area contributed by atoms with Crippen molar-refractivity contribution in [2.45, 2.75) is 13.3 Å². The lowest BCUT2D eigenvalue weighted by atomic mass is 10.3. The molecule has 0 atom stereocenters. The predicted octanol–water partition coefficient (Wildman–Crippen LogP) is 4.70. The highest BCUT2D eigenvalue weighted by Crippen LogP contribution is 2.26. The van der Waals surface area contributed by atoms with Crippen molar-refractivity contribution in [3.63, 3.8) is 0 Å². The predicted molar refractivity (Wildman–Crippen MR) is 87.4 cm³/mol. The Morgan fingerprint density at radius 3 is 2.29 bits per heavy atom. The van der Waals surface area contributed by atoms with Crippen LogP contribution < -0.4 is 14.2 Å². The molecule has 112 valence electrons. The van der Waals surface area contributed by atoms with Crippen molar-refractivity contribution in [2.24, 2.45) is 0 Å². The lowest BCUT2D eigenvalue weighted by Crippen LogP contribution is -2.06. The quantitative estimate of drug-likeness (QED) is 0.646. The van der Waals surface area contributed by atoms with Gasteiger partial charge in [-0.3, -0.25) is 0 Å². The van der Waals surface area contributed by atoms with Crippen LogP contribution in [0.1, 0.15) is 13.3 Å². The van der Waals surface area contributed by atoms with E-state index in [0.29, 0.717) is 19.8 Å². The highest BCUT2D eigenvalue weighted by atomic mass is 79.9. The van der Waals surface area contributed by atoms with E-state index in [1.165, 1.54) is 0 Å². The molecule has 0 bridgehead atoms. The summed E-state index contributed by atoms with van der Waals surface area (Å²) < 4.78 is 17.9. The number of hydrogen-bond donors (Lipinski definition) is 0. The maximum absolute atomic E-state index is 5.74. The molecule has 0 aromatic heterocycles. The summed E-state index contributed by atoms with van der Waals surface area (Å²) in [4.78, 5) is 0. The first-order chi connectivity index (χ1) is 10.3. The molecule has 21 heavy (non-hydrogen) atoms. The van der Waals surface area contributed by atoms with E-state index >= 15 is 0 Å². The molecule has 0 aliphatic carbocycles. The van der Waals surface area contributed by atoms with E-state index in [4.69, 9.17) is 14.2 Å². The third kappa shape index (κ3) is 5.31. The van der Waals surface area contributed by atoms with E-state index in [1.54, 1.807) is 0 Å². The number of benzene rings is 2. The van der Waals surface area contributed by atoms with Crippen LogP contribution >= 0.6 is 15.9 Å². The van der Waals surface area contributed by atoms with Crippen LogP contribution in [0.5, 0.6) is 17.2 Å². The van der Waals surface area contributed by atoms with E-state index < -0.39 is 0 Å². The van der Waals surface area contributed by atoms with Gasteiger partial charge in [0.25, 0.3) is 0 Å². The second kappa shape index (κ2) is 8.57. The van der Waals surface area contributed by atoms with Gasteiger partial charge in [0, 0.05) is 10.9 Å². The lowest BCUT2D eigenvalue weighted by Gasteiger charge is -2.12. The zero-order chi connectivity index (χ0) is 14.9. The van der Waals surface area contributed by atoms with Gasteiger partial charge in [0.2, 0.25) is 0 Å². The molecule has 0 aliphatic rings. The first-order valence-corrected chi connectivity index (χ1v) is 7.82. The maximum atomic E-state index is 5.74. The molecule has 2 rings (SSSR count). The van der Waals surface area contributed by atoms with Crippen molar-refractivity contribution < 1.29 is 14.2 Å². The normalized spacial score (nSPS) is 10.2. The number of ether oxygens (including phenoxy) is 3. The first kappa shape index (κ1) is 15.7. The molecule has 0 saturated carbocycles. The highest BCUT2D eigenvalue weighted by molar-refractivity contribution is 9.10. The third-order valence-electron chi connectivity index (χ3n) is 2.76. The molecule has 0 amide bonds. The highest BCUT2D eigenvalue weighted by Gasteiger charge is 2.03. The molecule has 0 radical (unpaired) electrons. The fourth-order valence-corrected chi connectivity index (χ4v) is 2.21. The second-order valence-corrected chi connectivity index (χ2v) is 5.30. The Morgan fingerprint density at radius 2 is 1.57 bits per heavy atom. The largest absolute Gasteiger partial charge is 0.493 e. The minimum Gasteiger partial charge on any atom is -0.493 e. The van der Waals surface area contributed by atoms with Crippen LogP contribution in [0.15, 0.2) is 53.0 Å². The zero-order valence-electron chi connectivity index (χ0n) is 12.0. The first-order valence-electron chi connectivity index (χ1n) is 7.02. The Balaban J connectivity index is 1.72. The number of rotatable bonds is 8. The zero-order valence-corrected chi connectivity index (χ0v) is 13.6. The summed E-state index contributed by atoms with van der Waals surface area (Å²) in [5.41, 5.74) is 0. The van der Waals surface area contributed by atoms with Crippen molar-refractivity contribution >= 4 is 15.9 Å². The van der Waals surface area contributed by atoms with Gasteiger partial charge in [-0.05, 0) is 37.3 Å². The summed E-state index contributed by atoms with van der Waals surface area (Å²) in [7, 11) is 0. The summed E-state index contributed by atoms with van der Waals surface area (Å²) in [6, 6.07) is 15.5. The Morgan fingerprint density at radius 1 is 0.857 bits per heavy atom. The van der Waals surface area contributed by atoms with Gasteiger partial charge in [0.15, 0.2) is 11.5 Å². The molecule has 0 N–H and O–H groups in total. The van der Waals surface area contributed by atoms with Crippen molar-refractivity contribution in [3.8, 4) is 17.2 Å². The average molecular weight is 351 g/mol. The summed E-state index contributed by atoms with van der Waals surface area (Å²) in [6.45, 7) is 3.81. The van der Waals surface area contributed by atoms with Crippen molar-refractivity contribution in [2.75, 3.05) is 19.8 Å². The average Bonchev–Trinajstić information content (AvgIpc) is 2.49. The van der Waals surface area contributed by atoms with Gasteiger partial charge >= 0.3 is 0 Å². The van der Waals surface area contributed by atoms with Gasteiger partial charge in [0.05, 0.1) is 19.8 Å². The Hall–Kier alpha value is -1.68.